The fraction of sp³-hybridized carbons (Fsp3) is 0.467. The maximum absolute atomic E-state index is 12.5. The summed E-state index contributed by atoms with van der Waals surface area (Å²) in [6.45, 7) is 4.72. The van der Waals surface area contributed by atoms with Gasteiger partial charge in [-0.1, -0.05) is 6.07 Å². The van der Waals surface area contributed by atoms with E-state index in [1.54, 1.807) is 17.0 Å². The molecule has 6 nitrogen and oxygen atoms in total. The van der Waals surface area contributed by atoms with Crippen LogP contribution in [0, 0.1) is 6.92 Å². The molecule has 1 aliphatic rings. The minimum absolute atomic E-state index is 0.00230. The summed E-state index contributed by atoms with van der Waals surface area (Å²) < 4.78 is 4.65. The van der Waals surface area contributed by atoms with E-state index in [1.165, 1.54) is 7.11 Å². The van der Waals surface area contributed by atoms with Gasteiger partial charge in [0.1, 0.15) is 0 Å². The first kappa shape index (κ1) is 15.3. The molecular formula is C15H21N3O3. The normalized spacial score (nSPS) is 15.8. The second kappa shape index (κ2) is 6.58. The van der Waals surface area contributed by atoms with Crippen LogP contribution in [0.3, 0.4) is 0 Å². The van der Waals surface area contributed by atoms with E-state index in [4.69, 9.17) is 5.73 Å². The molecule has 0 radical (unpaired) electrons. The molecule has 21 heavy (non-hydrogen) atoms. The number of carbonyl (C=O) groups excluding carboxylic acids is 2. The van der Waals surface area contributed by atoms with Gasteiger partial charge in [-0.2, -0.15) is 0 Å². The van der Waals surface area contributed by atoms with Crippen molar-refractivity contribution in [2.75, 3.05) is 45.6 Å². The zero-order chi connectivity index (χ0) is 15.4. The highest BCUT2D eigenvalue weighted by Crippen LogP contribution is 2.16. The quantitative estimate of drug-likeness (QED) is 0.648. The summed E-state index contributed by atoms with van der Waals surface area (Å²) in [5.74, 6) is -0.251. The number of nitrogens with two attached hydrogens (primary N) is 1. The lowest BCUT2D eigenvalue weighted by Crippen LogP contribution is -2.50. The number of methoxy groups -OCH3 is 1. The Morgan fingerprint density at radius 3 is 2.52 bits per heavy atom. The van der Waals surface area contributed by atoms with Gasteiger partial charge in [-0.3, -0.25) is 14.5 Å². The number of nitrogen functional groups attached to an aromatic ring is 1. The third-order valence-corrected chi connectivity index (χ3v) is 3.73. The van der Waals surface area contributed by atoms with Gasteiger partial charge in [0.15, 0.2) is 0 Å². The van der Waals surface area contributed by atoms with Crippen molar-refractivity contribution in [1.29, 1.82) is 0 Å². The Kier molecular flexibility index (Phi) is 4.80. The maximum atomic E-state index is 12.5. The minimum Gasteiger partial charge on any atom is -0.468 e. The number of benzene rings is 1. The van der Waals surface area contributed by atoms with E-state index in [1.807, 2.05) is 17.9 Å². The Morgan fingerprint density at radius 1 is 1.24 bits per heavy atom. The molecule has 6 heteroatoms. The van der Waals surface area contributed by atoms with Gasteiger partial charge in [-0.25, -0.2) is 0 Å². The lowest BCUT2D eigenvalue weighted by Gasteiger charge is -2.34. The predicted octanol–water partition coefficient (Wildman–Crippen LogP) is 0.508. The average molecular weight is 291 g/mol. The summed E-state index contributed by atoms with van der Waals surface area (Å²) in [5.41, 5.74) is 7.92. The first-order chi connectivity index (χ1) is 10.0. The molecule has 1 aromatic rings. The zero-order valence-corrected chi connectivity index (χ0v) is 12.5. The van der Waals surface area contributed by atoms with Crippen molar-refractivity contribution in [1.82, 2.24) is 9.80 Å². The monoisotopic (exact) mass is 291 g/mol. The number of nitrogens with zero attached hydrogens (tertiary/aromatic N) is 2. The van der Waals surface area contributed by atoms with Crippen molar-refractivity contribution in [3.05, 3.63) is 29.3 Å². The Balaban J connectivity index is 1.97. The highest BCUT2D eigenvalue weighted by atomic mass is 16.5. The summed E-state index contributed by atoms with van der Waals surface area (Å²) in [6, 6.07) is 5.37. The fourth-order valence-corrected chi connectivity index (χ4v) is 2.40. The molecule has 1 amide bonds. The van der Waals surface area contributed by atoms with Gasteiger partial charge in [0.05, 0.1) is 13.7 Å². The second-order valence-corrected chi connectivity index (χ2v) is 5.22. The van der Waals surface area contributed by atoms with E-state index in [0.717, 1.165) is 5.56 Å². The highest BCUT2D eigenvalue weighted by molar-refractivity contribution is 5.96. The van der Waals surface area contributed by atoms with Crippen LogP contribution in [-0.2, 0) is 9.53 Å². The second-order valence-electron chi connectivity index (χ2n) is 5.22. The van der Waals surface area contributed by atoms with E-state index in [0.29, 0.717) is 37.4 Å². The van der Waals surface area contributed by atoms with E-state index in [9.17, 15) is 9.59 Å². The smallest absolute Gasteiger partial charge is 0.319 e. The first-order valence-corrected chi connectivity index (χ1v) is 6.96. The summed E-state index contributed by atoms with van der Waals surface area (Å²) >= 11 is 0. The van der Waals surface area contributed by atoms with Crippen LogP contribution in [0.2, 0.25) is 0 Å². The molecule has 1 heterocycles. The molecule has 0 aliphatic carbocycles. The van der Waals surface area contributed by atoms with E-state index >= 15 is 0 Å². The van der Waals surface area contributed by atoms with Crippen LogP contribution in [0.25, 0.3) is 0 Å². The topological polar surface area (TPSA) is 75.9 Å². The summed E-state index contributed by atoms with van der Waals surface area (Å²) in [6.07, 6.45) is 0. The lowest BCUT2D eigenvalue weighted by atomic mass is 10.1. The van der Waals surface area contributed by atoms with Crippen LogP contribution in [-0.4, -0.2) is 61.5 Å². The molecular weight excluding hydrogens is 270 g/mol. The van der Waals surface area contributed by atoms with Crippen molar-refractivity contribution in [2.24, 2.45) is 0 Å². The van der Waals surface area contributed by atoms with Crippen LogP contribution in [0.5, 0.6) is 0 Å². The number of amides is 1. The van der Waals surface area contributed by atoms with Gasteiger partial charge < -0.3 is 15.4 Å². The van der Waals surface area contributed by atoms with Gasteiger partial charge in [0.25, 0.3) is 5.91 Å². The standard InChI is InChI=1S/C15H21N3O3/c1-11-3-4-12(16)9-13(11)15(20)18-7-5-17(6-8-18)10-14(19)21-2/h3-4,9H,5-8,10,16H2,1-2H3. The molecule has 1 saturated heterocycles. The number of piperazine rings is 1. The first-order valence-electron chi connectivity index (χ1n) is 6.96. The number of esters is 1. The van der Waals surface area contributed by atoms with Crippen molar-refractivity contribution in [2.45, 2.75) is 6.92 Å². The van der Waals surface area contributed by atoms with Crippen molar-refractivity contribution < 1.29 is 14.3 Å². The molecule has 0 atom stereocenters. The molecule has 2 rings (SSSR count). The van der Waals surface area contributed by atoms with Crippen molar-refractivity contribution in [3.8, 4) is 0 Å². The Labute approximate surface area is 124 Å². The molecule has 0 saturated carbocycles. The molecule has 0 spiro atoms. The Bertz CT molecular complexity index is 537. The van der Waals surface area contributed by atoms with E-state index in [2.05, 4.69) is 4.74 Å². The van der Waals surface area contributed by atoms with Crippen molar-refractivity contribution in [3.63, 3.8) is 0 Å². The summed E-state index contributed by atoms with van der Waals surface area (Å²) in [7, 11) is 1.38. The largest absolute Gasteiger partial charge is 0.468 e. The summed E-state index contributed by atoms with van der Waals surface area (Å²) in [4.78, 5) is 27.5. The lowest BCUT2D eigenvalue weighted by molar-refractivity contribution is -0.142. The number of carbonyl (C=O) groups is 2. The fourth-order valence-electron chi connectivity index (χ4n) is 2.40. The number of rotatable bonds is 3. The van der Waals surface area contributed by atoms with Crippen LogP contribution >= 0.6 is 0 Å². The molecule has 0 bridgehead atoms. The molecule has 1 fully saturated rings. The van der Waals surface area contributed by atoms with Gasteiger partial charge in [-0.05, 0) is 24.6 Å². The molecule has 114 valence electrons. The molecule has 0 aromatic heterocycles. The molecule has 1 aliphatic heterocycles. The third-order valence-electron chi connectivity index (χ3n) is 3.73. The van der Waals surface area contributed by atoms with Crippen LogP contribution < -0.4 is 5.73 Å². The SMILES string of the molecule is COC(=O)CN1CCN(C(=O)c2cc(N)ccc2C)CC1. The van der Waals surface area contributed by atoms with Crippen LogP contribution in [0.1, 0.15) is 15.9 Å². The van der Waals surface area contributed by atoms with Gasteiger partial charge in [0, 0.05) is 37.4 Å². The number of ether oxygens (including phenoxy) is 1. The predicted molar refractivity (Wildman–Crippen MR) is 80.0 cm³/mol. The van der Waals surface area contributed by atoms with Crippen LogP contribution in [0.4, 0.5) is 5.69 Å². The van der Waals surface area contributed by atoms with Gasteiger partial charge in [0.2, 0.25) is 0 Å². The number of anilines is 1. The number of aryl methyl sites for hydroxylation is 1. The van der Waals surface area contributed by atoms with Crippen molar-refractivity contribution >= 4 is 17.6 Å². The third kappa shape index (κ3) is 3.72. The number of hydrogen-bond acceptors (Lipinski definition) is 5. The Morgan fingerprint density at radius 2 is 1.90 bits per heavy atom. The number of hydrogen-bond donors (Lipinski definition) is 1. The van der Waals surface area contributed by atoms with Gasteiger partial charge in [-0.15, -0.1) is 0 Å². The highest BCUT2D eigenvalue weighted by Gasteiger charge is 2.24. The average Bonchev–Trinajstić information content (AvgIpc) is 2.49. The molecule has 1 aromatic carbocycles. The van der Waals surface area contributed by atoms with E-state index < -0.39 is 0 Å². The zero-order valence-electron chi connectivity index (χ0n) is 12.5. The van der Waals surface area contributed by atoms with E-state index in [-0.39, 0.29) is 18.4 Å². The Hall–Kier alpha value is -2.08. The summed E-state index contributed by atoms with van der Waals surface area (Å²) in [5, 5.41) is 0. The van der Waals surface area contributed by atoms with Crippen LogP contribution in [0.15, 0.2) is 18.2 Å². The van der Waals surface area contributed by atoms with Gasteiger partial charge >= 0.3 is 5.97 Å². The molecule has 0 unspecified atom stereocenters. The maximum Gasteiger partial charge on any atom is 0.319 e. The minimum atomic E-state index is -0.249. The molecule has 2 N–H and O–H groups in total.